The van der Waals surface area contributed by atoms with Gasteiger partial charge in [-0.1, -0.05) is 36.8 Å². The van der Waals surface area contributed by atoms with Crippen LogP contribution < -0.4 is 0 Å². The van der Waals surface area contributed by atoms with E-state index in [1.807, 2.05) is 30.3 Å². The molecule has 0 aliphatic heterocycles. The van der Waals surface area contributed by atoms with Gasteiger partial charge in [-0.3, -0.25) is 4.79 Å². The van der Waals surface area contributed by atoms with Crippen LogP contribution in [0.3, 0.4) is 0 Å². The summed E-state index contributed by atoms with van der Waals surface area (Å²) in [6.45, 7) is 0.413. The van der Waals surface area contributed by atoms with Gasteiger partial charge in [0.25, 0.3) is 0 Å². The van der Waals surface area contributed by atoms with E-state index in [1.165, 1.54) is 6.42 Å². The number of benzene rings is 1. The Hall–Kier alpha value is -1.31. The van der Waals surface area contributed by atoms with Crippen LogP contribution in [0.1, 0.15) is 24.8 Å². The molecule has 14 heavy (non-hydrogen) atoms. The van der Waals surface area contributed by atoms with Gasteiger partial charge in [0.05, 0.1) is 5.92 Å². The summed E-state index contributed by atoms with van der Waals surface area (Å²) in [5.41, 5.74) is 1.06. The van der Waals surface area contributed by atoms with E-state index >= 15 is 0 Å². The summed E-state index contributed by atoms with van der Waals surface area (Å²) >= 11 is 0. The third kappa shape index (κ3) is 2.13. The second kappa shape index (κ2) is 4.27. The molecule has 1 aromatic rings. The van der Waals surface area contributed by atoms with Crippen molar-refractivity contribution in [2.45, 2.75) is 25.9 Å². The van der Waals surface area contributed by atoms with E-state index in [2.05, 4.69) is 0 Å². The van der Waals surface area contributed by atoms with Gasteiger partial charge in [-0.2, -0.15) is 0 Å². The molecule has 0 unspecified atom stereocenters. The van der Waals surface area contributed by atoms with Crippen LogP contribution in [0.15, 0.2) is 30.3 Å². The lowest BCUT2D eigenvalue weighted by Crippen LogP contribution is -2.23. The summed E-state index contributed by atoms with van der Waals surface area (Å²) in [6.07, 6.45) is 3.19. The number of carbonyl (C=O) groups is 1. The van der Waals surface area contributed by atoms with Crippen LogP contribution >= 0.6 is 0 Å². The fourth-order valence-corrected chi connectivity index (χ4v) is 1.49. The first-order chi connectivity index (χ1) is 6.86. The molecule has 0 amide bonds. The highest BCUT2D eigenvalue weighted by Crippen LogP contribution is 2.27. The molecule has 1 aromatic carbocycles. The Morgan fingerprint density at radius 2 is 2.00 bits per heavy atom. The zero-order chi connectivity index (χ0) is 9.80. The summed E-state index contributed by atoms with van der Waals surface area (Å²) < 4.78 is 5.19. The Kier molecular flexibility index (Phi) is 2.82. The quantitative estimate of drug-likeness (QED) is 0.684. The second-order valence-electron chi connectivity index (χ2n) is 3.72. The fraction of sp³-hybridized carbons (Fsp3) is 0.417. The van der Waals surface area contributed by atoms with E-state index in [-0.39, 0.29) is 11.9 Å². The van der Waals surface area contributed by atoms with Gasteiger partial charge in [-0.05, 0) is 18.4 Å². The van der Waals surface area contributed by atoms with Crippen LogP contribution in [0.4, 0.5) is 0 Å². The third-order valence-electron chi connectivity index (χ3n) is 2.66. The molecule has 0 saturated heterocycles. The predicted octanol–water partition coefficient (Wildman–Crippen LogP) is 2.53. The van der Waals surface area contributed by atoms with E-state index < -0.39 is 0 Å². The smallest absolute Gasteiger partial charge is 0.309 e. The van der Waals surface area contributed by atoms with Crippen molar-refractivity contribution >= 4 is 5.97 Å². The van der Waals surface area contributed by atoms with Gasteiger partial charge in [-0.15, -0.1) is 0 Å². The minimum atomic E-state index is -0.0277. The van der Waals surface area contributed by atoms with Crippen LogP contribution in [0.25, 0.3) is 0 Å². The zero-order valence-electron chi connectivity index (χ0n) is 8.11. The Bertz CT molecular complexity index is 301. The molecule has 0 aromatic heterocycles. The highest BCUT2D eigenvalue weighted by molar-refractivity contribution is 5.73. The molecule has 2 rings (SSSR count). The third-order valence-corrected chi connectivity index (χ3v) is 2.66. The summed E-state index contributed by atoms with van der Waals surface area (Å²) in [5.74, 6) is 0.152. The summed E-state index contributed by atoms with van der Waals surface area (Å²) in [5, 5.41) is 0. The van der Waals surface area contributed by atoms with Crippen LogP contribution in [0.2, 0.25) is 0 Å². The van der Waals surface area contributed by atoms with Crippen molar-refractivity contribution in [2.75, 3.05) is 0 Å². The van der Waals surface area contributed by atoms with Crippen LogP contribution in [-0.4, -0.2) is 5.97 Å². The average molecular weight is 190 g/mol. The van der Waals surface area contributed by atoms with E-state index in [9.17, 15) is 4.79 Å². The number of hydrogen-bond acceptors (Lipinski definition) is 2. The lowest BCUT2D eigenvalue weighted by molar-refractivity contribution is -0.152. The highest BCUT2D eigenvalue weighted by atomic mass is 16.5. The molecule has 0 bridgehead atoms. The summed E-state index contributed by atoms with van der Waals surface area (Å²) in [6, 6.07) is 9.79. The lowest BCUT2D eigenvalue weighted by atomic mass is 9.86. The molecular formula is C12H14O2. The van der Waals surface area contributed by atoms with Crippen molar-refractivity contribution in [3.63, 3.8) is 0 Å². The Balaban J connectivity index is 1.79. The molecule has 2 heteroatoms. The highest BCUT2D eigenvalue weighted by Gasteiger charge is 2.26. The first kappa shape index (κ1) is 9.25. The fourth-order valence-electron chi connectivity index (χ4n) is 1.49. The number of rotatable bonds is 3. The molecule has 2 nitrogen and oxygen atoms in total. The second-order valence-corrected chi connectivity index (χ2v) is 3.72. The van der Waals surface area contributed by atoms with Crippen molar-refractivity contribution in [2.24, 2.45) is 5.92 Å². The molecular weight excluding hydrogens is 176 g/mol. The maximum Gasteiger partial charge on any atom is 0.309 e. The minimum absolute atomic E-state index is 0.0277. The van der Waals surface area contributed by atoms with Crippen molar-refractivity contribution < 1.29 is 9.53 Å². The first-order valence-electron chi connectivity index (χ1n) is 5.07. The van der Waals surface area contributed by atoms with Crippen LogP contribution in [0.5, 0.6) is 0 Å². The normalized spacial score (nSPS) is 16.0. The molecule has 1 aliphatic rings. The molecule has 0 N–H and O–H groups in total. The van der Waals surface area contributed by atoms with Crippen molar-refractivity contribution in [1.82, 2.24) is 0 Å². The summed E-state index contributed by atoms with van der Waals surface area (Å²) in [7, 11) is 0. The average Bonchev–Trinajstić information content (AvgIpc) is 2.14. The molecule has 0 spiro atoms. The van der Waals surface area contributed by atoms with Gasteiger partial charge in [0.15, 0.2) is 0 Å². The van der Waals surface area contributed by atoms with Gasteiger partial charge >= 0.3 is 5.97 Å². The minimum Gasteiger partial charge on any atom is -0.461 e. The van der Waals surface area contributed by atoms with E-state index in [0.29, 0.717) is 6.61 Å². The lowest BCUT2D eigenvalue weighted by Gasteiger charge is -2.22. The molecule has 0 heterocycles. The van der Waals surface area contributed by atoms with E-state index in [0.717, 1.165) is 18.4 Å². The molecule has 74 valence electrons. The van der Waals surface area contributed by atoms with Gasteiger partial charge in [0.1, 0.15) is 6.61 Å². The Morgan fingerprint density at radius 3 is 2.57 bits per heavy atom. The monoisotopic (exact) mass is 190 g/mol. The number of carbonyl (C=O) groups excluding carboxylic acids is 1. The van der Waals surface area contributed by atoms with Gasteiger partial charge in [0, 0.05) is 0 Å². The number of ether oxygens (including phenoxy) is 1. The molecule has 1 fully saturated rings. The molecule has 1 saturated carbocycles. The van der Waals surface area contributed by atoms with Crippen molar-refractivity contribution in [3.8, 4) is 0 Å². The SMILES string of the molecule is O=C(OCc1ccccc1)C1CCC1. The molecule has 0 atom stereocenters. The largest absolute Gasteiger partial charge is 0.461 e. The van der Waals surface area contributed by atoms with Crippen molar-refractivity contribution in [3.05, 3.63) is 35.9 Å². The standard InChI is InChI=1S/C12H14O2/c13-12(11-7-4-8-11)14-9-10-5-2-1-3-6-10/h1-3,5-6,11H,4,7-9H2. The van der Waals surface area contributed by atoms with E-state index in [4.69, 9.17) is 4.74 Å². The number of hydrogen-bond donors (Lipinski definition) is 0. The van der Waals surface area contributed by atoms with Crippen LogP contribution in [0, 0.1) is 5.92 Å². The predicted molar refractivity (Wildman–Crippen MR) is 53.6 cm³/mol. The Morgan fingerprint density at radius 1 is 1.29 bits per heavy atom. The first-order valence-corrected chi connectivity index (χ1v) is 5.07. The Labute approximate surface area is 83.9 Å². The molecule has 1 aliphatic carbocycles. The maximum atomic E-state index is 11.4. The molecule has 0 radical (unpaired) electrons. The maximum absolute atomic E-state index is 11.4. The summed E-state index contributed by atoms with van der Waals surface area (Å²) in [4.78, 5) is 11.4. The van der Waals surface area contributed by atoms with Gasteiger partial charge in [0.2, 0.25) is 0 Å². The van der Waals surface area contributed by atoms with Crippen LogP contribution in [-0.2, 0) is 16.1 Å². The van der Waals surface area contributed by atoms with Crippen molar-refractivity contribution in [1.29, 1.82) is 0 Å². The topological polar surface area (TPSA) is 26.3 Å². The zero-order valence-corrected chi connectivity index (χ0v) is 8.11. The van der Waals surface area contributed by atoms with E-state index in [1.54, 1.807) is 0 Å². The van der Waals surface area contributed by atoms with Gasteiger partial charge < -0.3 is 4.74 Å². The number of esters is 1. The van der Waals surface area contributed by atoms with Gasteiger partial charge in [-0.25, -0.2) is 0 Å².